The van der Waals surface area contributed by atoms with E-state index in [1.807, 2.05) is 0 Å². The standard InChI is InChI=1S/C9H6F3IO2/c1-4(14)7-6(15)3-2-5(8(7)13)9(10,11)12/h2-3,15H,1H3. The number of phenols is 1. The lowest BCUT2D eigenvalue weighted by molar-refractivity contribution is -0.138. The number of hydrogen-bond acceptors (Lipinski definition) is 2. The van der Waals surface area contributed by atoms with Crippen LogP contribution in [0.4, 0.5) is 13.2 Å². The van der Waals surface area contributed by atoms with Crippen molar-refractivity contribution in [3.8, 4) is 5.75 Å². The van der Waals surface area contributed by atoms with Crippen LogP contribution in [0.3, 0.4) is 0 Å². The first-order chi connectivity index (χ1) is 6.75. The second-order valence-corrected chi connectivity index (χ2v) is 3.95. The van der Waals surface area contributed by atoms with E-state index in [1.54, 1.807) is 0 Å². The van der Waals surface area contributed by atoms with Gasteiger partial charge in [0.1, 0.15) is 5.75 Å². The zero-order valence-electron chi connectivity index (χ0n) is 7.52. The van der Waals surface area contributed by atoms with Gasteiger partial charge in [0.15, 0.2) is 5.78 Å². The third kappa shape index (κ3) is 2.42. The van der Waals surface area contributed by atoms with Gasteiger partial charge in [0, 0.05) is 3.57 Å². The van der Waals surface area contributed by atoms with Gasteiger partial charge in [-0.05, 0) is 41.6 Å². The molecular formula is C9H6F3IO2. The van der Waals surface area contributed by atoms with Crippen LogP contribution < -0.4 is 0 Å². The van der Waals surface area contributed by atoms with Crippen LogP contribution in [0.1, 0.15) is 22.8 Å². The molecule has 6 heteroatoms. The zero-order valence-corrected chi connectivity index (χ0v) is 9.68. The molecule has 0 spiro atoms. The Morgan fingerprint density at radius 3 is 2.33 bits per heavy atom. The van der Waals surface area contributed by atoms with Crippen molar-refractivity contribution in [2.45, 2.75) is 13.1 Å². The van der Waals surface area contributed by atoms with Crippen molar-refractivity contribution in [1.29, 1.82) is 0 Å². The van der Waals surface area contributed by atoms with Gasteiger partial charge in [-0.1, -0.05) is 0 Å². The summed E-state index contributed by atoms with van der Waals surface area (Å²) >= 11 is 1.41. The monoisotopic (exact) mass is 330 g/mol. The maximum atomic E-state index is 12.4. The minimum absolute atomic E-state index is 0.271. The van der Waals surface area contributed by atoms with Crippen LogP contribution >= 0.6 is 22.6 Å². The molecule has 0 aliphatic heterocycles. The highest BCUT2D eigenvalue weighted by Crippen LogP contribution is 2.37. The minimum Gasteiger partial charge on any atom is -0.507 e. The van der Waals surface area contributed by atoms with E-state index in [1.165, 1.54) is 22.6 Å². The average Bonchev–Trinajstić information content (AvgIpc) is 2.00. The van der Waals surface area contributed by atoms with E-state index in [0.717, 1.165) is 19.1 Å². The summed E-state index contributed by atoms with van der Waals surface area (Å²) < 4.78 is 37.0. The van der Waals surface area contributed by atoms with Crippen LogP contribution in [0, 0.1) is 3.57 Å². The maximum absolute atomic E-state index is 12.4. The summed E-state index contributed by atoms with van der Waals surface area (Å²) in [6.45, 7) is 1.11. The van der Waals surface area contributed by atoms with E-state index in [-0.39, 0.29) is 9.13 Å². The predicted octanol–water partition coefficient (Wildman–Crippen LogP) is 3.22. The summed E-state index contributed by atoms with van der Waals surface area (Å²) in [4.78, 5) is 11.0. The van der Waals surface area contributed by atoms with Gasteiger partial charge in [-0.2, -0.15) is 13.2 Å². The van der Waals surface area contributed by atoms with Crippen LogP contribution in [-0.4, -0.2) is 10.9 Å². The van der Waals surface area contributed by atoms with Gasteiger partial charge < -0.3 is 5.11 Å². The Morgan fingerprint density at radius 2 is 1.93 bits per heavy atom. The smallest absolute Gasteiger partial charge is 0.417 e. The fourth-order valence-corrected chi connectivity index (χ4v) is 2.26. The van der Waals surface area contributed by atoms with Gasteiger partial charge in [-0.25, -0.2) is 0 Å². The Kier molecular flexibility index (Phi) is 3.27. The molecule has 0 aromatic heterocycles. The molecule has 0 aliphatic carbocycles. The number of aromatic hydroxyl groups is 1. The fraction of sp³-hybridized carbons (Fsp3) is 0.222. The summed E-state index contributed by atoms with van der Waals surface area (Å²) in [6.07, 6.45) is -4.52. The number of alkyl halides is 3. The van der Waals surface area contributed by atoms with E-state index >= 15 is 0 Å². The Labute approximate surface area is 97.2 Å². The average molecular weight is 330 g/mol. The molecule has 2 nitrogen and oxygen atoms in total. The molecule has 0 atom stereocenters. The number of phenolic OH excluding ortho intramolecular Hbond substituents is 1. The molecule has 1 rings (SSSR count). The molecule has 1 aromatic rings. The number of hydrogen-bond donors (Lipinski definition) is 1. The Morgan fingerprint density at radius 1 is 1.40 bits per heavy atom. The molecule has 0 fully saturated rings. The zero-order chi connectivity index (χ0) is 11.8. The Bertz CT molecular complexity index is 413. The molecule has 0 amide bonds. The van der Waals surface area contributed by atoms with Crippen molar-refractivity contribution in [2.24, 2.45) is 0 Å². The van der Waals surface area contributed by atoms with Gasteiger partial charge in [-0.15, -0.1) is 0 Å². The van der Waals surface area contributed by atoms with Crippen molar-refractivity contribution < 1.29 is 23.1 Å². The normalized spacial score (nSPS) is 11.5. The predicted molar refractivity (Wildman–Crippen MR) is 55.8 cm³/mol. The first kappa shape index (κ1) is 12.3. The molecule has 0 saturated carbocycles. The number of halogens is 4. The minimum atomic E-state index is -4.52. The summed E-state index contributed by atoms with van der Waals surface area (Å²) in [5.41, 5.74) is -1.20. The quantitative estimate of drug-likeness (QED) is 0.634. The van der Waals surface area contributed by atoms with E-state index in [9.17, 15) is 23.1 Å². The summed E-state index contributed by atoms with van der Waals surface area (Å²) in [6, 6.07) is 1.63. The van der Waals surface area contributed by atoms with Gasteiger partial charge in [0.2, 0.25) is 0 Å². The van der Waals surface area contributed by atoms with Gasteiger partial charge in [0.05, 0.1) is 11.1 Å². The SMILES string of the molecule is CC(=O)c1c(O)ccc(C(F)(F)F)c1I. The number of ketones is 1. The molecule has 0 bridgehead atoms. The summed E-state index contributed by atoms with van der Waals surface area (Å²) in [7, 11) is 0. The lowest BCUT2D eigenvalue weighted by Crippen LogP contribution is -2.10. The first-order valence-corrected chi connectivity index (χ1v) is 4.92. The molecule has 0 unspecified atom stereocenters. The van der Waals surface area contributed by atoms with Gasteiger partial charge in [0.25, 0.3) is 0 Å². The summed E-state index contributed by atoms with van der Waals surface area (Å²) in [5, 5.41) is 9.26. The Hall–Kier alpha value is -0.790. The van der Waals surface area contributed by atoms with Gasteiger partial charge in [-0.3, -0.25) is 4.79 Å². The highest BCUT2D eigenvalue weighted by atomic mass is 127. The maximum Gasteiger partial charge on any atom is 0.417 e. The fourth-order valence-electron chi connectivity index (χ4n) is 1.12. The largest absolute Gasteiger partial charge is 0.507 e. The van der Waals surface area contributed by atoms with E-state index in [2.05, 4.69) is 0 Å². The second-order valence-electron chi connectivity index (χ2n) is 2.88. The topological polar surface area (TPSA) is 37.3 Å². The summed E-state index contributed by atoms with van der Waals surface area (Å²) in [5.74, 6) is -1.03. The first-order valence-electron chi connectivity index (χ1n) is 3.84. The third-order valence-electron chi connectivity index (χ3n) is 1.78. The van der Waals surface area contributed by atoms with E-state index < -0.39 is 23.3 Å². The number of benzene rings is 1. The second kappa shape index (κ2) is 3.99. The van der Waals surface area contributed by atoms with E-state index in [4.69, 9.17) is 0 Å². The lowest BCUT2D eigenvalue weighted by Gasteiger charge is -2.12. The van der Waals surface area contributed by atoms with Gasteiger partial charge >= 0.3 is 6.18 Å². The molecule has 1 aromatic carbocycles. The molecular weight excluding hydrogens is 324 g/mol. The molecule has 0 saturated heterocycles. The van der Waals surface area contributed by atoms with Crippen LogP contribution in [0.15, 0.2) is 12.1 Å². The third-order valence-corrected chi connectivity index (χ3v) is 2.90. The molecule has 1 N–H and O–H groups in total. The molecule has 82 valence electrons. The highest BCUT2D eigenvalue weighted by molar-refractivity contribution is 14.1. The van der Waals surface area contributed by atoms with Crippen molar-refractivity contribution >= 4 is 28.4 Å². The lowest BCUT2D eigenvalue weighted by atomic mass is 10.1. The van der Waals surface area contributed by atoms with E-state index in [0.29, 0.717) is 0 Å². The van der Waals surface area contributed by atoms with Crippen LogP contribution in [-0.2, 0) is 6.18 Å². The number of carbonyl (C=O) groups is 1. The number of Topliss-reactive ketones (excluding diaryl/α,β-unsaturated/α-hetero) is 1. The van der Waals surface area contributed by atoms with Crippen molar-refractivity contribution in [2.75, 3.05) is 0 Å². The van der Waals surface area contributed by atoms with Crippen LogP contribution in [0.2, 0.25) is 0 Å². The molecule has 0 aliphatic rings. The molecule has 0 heterocycles. The highest BCUT2D eigenvalue weighted by Gasteiger charge is 2.34. The molecule has 15 heavy (non-hydrogen) atoms. The Balaban J connectivity index is 3.49. The molecule has 0 radical (unpaired) electrons. The van der Waals surface area contributed by atoms with Crippen LogP contribution in [0.25, 0.3) is 0 Å². The van der Waals surface area contributed by atoms with Crippen LogP contribution in [0.5, 0.6) is 5.75 Å². The number of rotatable bonds is 1. The number of carbonyl (C=O) groups excluding carboxylic acids is 1. The van der Waals surface area contributed by atoms with Crippen molar-refractivity contribution in [3.63, 3.8) is 0 Å². The van der Waals surface area contributed by atoms with Crippen molar-refractivity contribution in [1.82, 2.24) is 0 Å². The van der Waals surface area contributed by atoms with Crippen molar-refractivity contribution in [3.05, 3.63) is 26.8 Å².